The summed E-state index contributed by atoms with van der Waals surface area (Å²) in [6.07, 6.45) is 2.36. The standard InChI is InChI=1S/C12H23N5/c1-10-14-15-12(11-4-6-13-7-5-11)17(10)9-8-16(2)3/h11,13H,4-9H2,1-3H3. The Labute approximate surface area is 103 Å². The molecule has 1 aliphatic heterocycles. The molecule has 0 bridgehead atoms. The van der Waals surface area contributed by atoms with E-state index in [4.69, 9.17) is 0 Å². The third-order valence-electron chi connectivity index (χ3n) is 3.44. The third kappa shape index (κ3) is 3.04. The minimum absolute atomic E-state index is 0.583. The van der Waals surface area contributed by atoms with E-state index in [-0.39, 0.29) is 0 Å². The van der Waals surface area contributed by atoms with E-state index in [2.05, 4.69) is 39.1 Å². The highest BCUT2D eigenvalue weighted by Gasteiger charge is 2.21. The first-order valence-corrected chi connectivity index (χ1v) is 6.43. The highest BCUT2D eigenvalue weighted by Crippen LogP contribution is 2.23. The minimum Gasteiger partial charge on any atom is -0.317 e. The molecule has 1 aromatic rings. The molecule has 0 spiro atoms. The van der Waals surface area contributed by atoms with Gasteiger partial charge in [-0.25, -0.2) is 0 Å². The molecule has 0 atom stereocenters. The van der Waals surface area contributed by atoms with Gasteiger partial charge < -0.3 is 14.8 Å². The lowest BCUT2D eigenvalue weighted by Gasteiger charge is -2.23. The first-order chi connectivity index (χ1) is 8.18. The van der Waals surface area contributed by atoms with Gasteiger partial charge in [-0.15, -0.1) is 10.2 Å². The van der Waals surface area contributed by atoms with E-state index in [0.717, 1.165) is 32.0 Å². The van der Waals surface area contributed by atoms with Crippen LogP contribution >= 0.6 is 0 Å². The van der Waals surface area contributed by atoms with Crippen molar-refractivity contribution in [2.45, 2.75) is 32.2 Å². The van der Waals surface area contributed by atoms with Gasteiger partial charge in [-0.2, -0.15) is 0 Å². The lowest BCUT2D eigenvalue weighted by molar-refractivity contribution is 0.367. The van der Waals surface area contributed by atoms with Gasteiger partial charge in [0.25, 0.3) is 0 Å². The van der Waals surface area contributed by atoms with Gasteiger partial charge in [-0.1, -0.05) is 0 Å². The van der Waals surface area contributed by atoms with Gasteiger partial charge in [0, 0.05) is 19.0 Å². The van der Waals surface area contributed by atoms with Crippen molar-refractivity contribution in [1.29, 1.82) is 0 Å². The molecule has 2 rings (SSSR count). The molecular formula is C12H23N5. The van der Waals surface area contributed by atoms with E-state index in [1.807, 2.05) is 6.92 Å². The smallest absolute Gasteiger partial charge is 0.136 e. The maximum Gasteiger partial charge on any atom is 0.136 e. The molecule has 0 amide bonds. The largest absolute Gasteiger partial charge is 0.317 e. The topological polar surface area (TPSA) is 46.0 Å². The van der Waals surface area contributed by atoms with Crippen LogP contribution in [0.4, 0.5) is 0 Å². The molecule has 0 radical (unpaired) electrons. The Balaban J connectivity index is 2.10. The quantitative estimate of drug-likeness (QED) is 0.833. The predicted molar refractivity (Wildman–Crippen MR) is 68.2 cm³/mol. The van der Waals surface area contributed by atoms with Gasteiger partial charge in [-0.3, -0.25) is 0 Å². The fraction of sp³-hybridized carbons (Fsp3) is 0.833. The Kier molecular flexibility index (Phi) is 4.12. The molecule has 0 aromatic carbocycles. The van der Waals surface area contributed by atoms with Crippen molar-refractivity contribution in [3.63, 3.8) is 0 Å². The molecule has 1 fully saturated rings. The number of hydrogen-bond donors (Lipinski definition) is 1. The van der Waals surface area contributed by atoms with Crippen molar-refractivity contribution < 1.29 is 0 Å². The zero-order chi connectivity index (χ0) is 12.3. The van der Waals surface area contributed by atoms with Crippen molar-refractivity contribution in [3.8, 4) is 0 Å². The summed E-state index contributed by atoms with van der Waals surface area (Å²) < 4.78 is 2.29. The minimum atomic E-state index is 0.583. The molecule has 5 nitrogen and oxygen atoms in total. The van der Waals surface area contributed by atoms with E-state index >= 15 is 0 Å². The lowest BCUT2D eigenvalue weighted by atomic mass is 9.97. The summed E-state index contributed by atoms with van der Waals surface area (Å²) in [5.74, 6) is 2.81. The van der Waals surface area contributed by atoms with Crippen molar-refractivity contribution in [2.24, 2.45) is 0 Å². The number of aromatic nitrogens is 3. The van der Waals surface area contributed by atoms with Crippen molar-refractivity contribution in [1.82, 2.24) is 25.0 Å². The third-order valence-corrected chi connectivity index (χ3v) is 3.44. The maximum absolute atomic E-state index is 4.38. The average Bonchev–Trinajstić information content (AvgIpc) is 2.69. The second-order valence-corrected chi connectivity index (χ2v) is 5.08. The van der Waals surface area contributed by atoms with Crippen LogP contribution in [0.2, 0.25) is 0 Å². The number of hydrogen-bond acceptors (Lipinski definition) is 4. The Morgan fingerprint density at radius 1 is 1.29 bits per heavy atom. The van der Waals surface area contributed by atoms with E-state index in [9.17, 15) is 0 Å². The molecular weight excluding hydrogens is 214 g/mol. The van der Waals surface area contributed by atoms with Crippen LogP contribution in [-0.2, 0) is 6.54 Å². The highest BCUT2D eigenvalue weighted by molar-refractivity contribution is 5.03. The van der Waals surface area contributed by atoms with Crippen molar-refractivity contribution >= 4 is 0 Å². The summed E-state index contributed by atoms with van der Waals surface area (Å²) in [6, 6.07) is 0. The molecule has 1 aromatic heterocycles. The average molecular weight is 237 g/mol. The fourth-order valence-corrected chi connectivity index (χ4v) is 2.36. The van der Waals surface area contributed by atoms with Gasteiger partial charge in [0.15, 0.2) is 0 Å². The first-order valence-electron chi connectivity index (χ1n) is 6.43. The van der Waals surface area contributed by atoms with Crippen LogP contribution in [0.15, 0.2) is 0 Å². The summed E-state index contributed by atoms with van der Waals surface area (Å²) in [5.41, 5.74) is 0. The molecule has 1 aliphatic rings. The molecule has 2 heterocycles. The second-order valence-electron chi connectivity index (χ2n) is 5.08. The van der Waals surface area contributed by atoms with Gasteiger partial charge in [-0.05, 0) is 47.0 Å². The number of nitrogens with one attached hydrogen (secondary N) is 1. The van der Waals surface area contributed by atoms with Crippen molar-refractivity contribution in [2.75, 3.05) is 33.7 Å². The zero-order valence-corrected chi connectivity index (χ0v) is 11.1. The van der Waals surface area contributed by atoms with Crippen LogP contribution in [0, 0.1) is 6.92 Å². The first kappa shape index (κ1) is 12.5. The van der Waals surface area contributed by atoms with Crippen LogP contribution in [0.3, 0.4) is 0 Å². The molecule has 17 heavy (non-hydrogen) atoms. The van der Waals surface area contributed by atoms with E-state index < -0.39 is 0 Å². The van der Waals surface area contributed by atoms with E-state index in [1.165, 1.54) is 18.7 Å². The predicted octanol–water partition coefficient (Wildman–Crippen LogP) is 0.615. The second kappa shape index (κ2) is 5.60. The summed E-state index contributed by atoms with van der Waals surface area (Å²) in [5, 5.41) is 12.0. The zero-order valence-electron chi connectivity index (χ0n) is 11.1. The number of likely N-dealkylation sites (N-methyl/N-ethyl adjacent to an activating group) is 1. The van der Waals surface area contributed by atoms with E-state index in [1.54, 1.807) is 0 Å². The van der Waals surface area contributed by atoms with Crippen LogP contribution in [0.25, 0.3) is 0 Å². The number of aryl methyl sites for hydroxylation is 1. The maximum atomic E-state index is 4.38. The van der Waals surface area contributed by atoms with Crippen LogP contribution in [0.5, 0.6) is 0 Å². The Morgan fingerprint density at radius 3 is 2.65 bits per heavy atom. The Hall–Kier alpha value is -0.940. The molecule has 5 heteroatoms. The summed E-state index contributed by atoms with van der Waals surface area (Å²) in [4.78, 5) is 2.20. The van der Waals surface area contributed by atoms with Crippen LogP contribution in [-0.4, -0.2) is 53.4 Å². The number of rotatable bonds is 4. The molecule has 0 aliphatic carbocycles. The number of piperidine rings is 1. The fourth-order valence-electron chi connectivity index (χ4n) is 2.36. The van der Waals surface area contributed by atoms with Crippen LogP contribution in [0.1, 0.15) is 30.4 Å². The summed E-state index contributed by atoms with van der Waals surface area (Å²) in [7, 11) is 4.20. The van der Waals surface area contributed by atoms with Gasteiger partial charge in [0.05, 0.1) is 0 Å². The summed E-state index contributed by atoms with van der Waals surface area (Å²) in [6.45, 7) is 6.28. The lowest BCUT2D eigenvalue weighted by Crippen LogP contribution is -2.29. The molecule has 1 N–H and O–H groups in total. The molecule has 96 valence electrons. The Morgan fingerprint density at radius 2 is 2.00 bits per heavy atom. The highest BCUT2D eigenvalue weighted by atomic mass is 15.3. The SMILES string of the molecule is Cc1nnc(C2CCNCC2)n1CCN(C)C. The summed E-state index contributed by atoms with van der Waals surface area (Å²) >= 11 is 0. The van der Waals surface area contributed by atoms with Gasteiger partial charge in [0.1, 0.15) is 11.6 Å². The van der Waals surface area contributed by atoms with Gasteiger partial charge in [0.2, 0.25) is 0 Å². The van der Waals surface area contributed by atoms with E-state index in [0.29, 0.717) is 5.92 Å². The monoisotopic (exact) mass is 237 g/mol. The number of nitrogens with zero attached hydrogens (tertiary/aromatic N) is 4. The molecule has 0 unspecified atom stereocenters. The van der Waals surface area contributed by atoms with Gasteiger partial charge >= 0.3 is 0 Å². The molecule has 0 saturated carbocycles. The van der Waals surface area contributed by atoms with Crippen LogP contribution < -0.4 is 5.32 Å². The normalized spacial score (nSPS) is 17.9. The molecule has 1 saturated heterocycles. The van der Waals surface area contributed by atoms with Crippen molar-refractivity contribution in [3.05, 3.63) is 11.6 Å². The Bertz CT molecular complexity index is 352.